The van der Waals surface area contributed by atoms with Gasteiger partial charge in [-0.2, -0.15) is 0 Å². The van der Waals surface area contributed by atoms with E-state index in [0.717, 1.165) is 0 Å². The van der Waals surface area contributed by atoms with Crippen molar-refractivity contribution in [2.75, 3.05) is 43.6 Å². The van der Waals surface area contributed by atoms with E-state index in [9.17, 15) is 17.6 Å². The van der Waals surface area contributed by atoms with E-state index in [-0.39, 0.29) is 27.9 Å². The second-order valence-electron chi connectivity index (χ2n) is 7.36. The van der Waals surface area contributed by atoms with E-state index in [0.29, 0.717) is 32.0 Å². The van der Waals surface area contributed by atoms with Crippen molar-refractivity contribution >= 4 is 27.3 Å². The van der Waals surface area contributed by atoms with Gasteiger partial charge in [-0.25, -0.2) is 17.5 Å². The highest BCUT2D eigenvalue weighted by atomic mass is 32.2. The Bertz CT molecular complexity index is 1050. The van der Waals surface area contributed by atoms with E-state index in [1.807, 2.05) is 4.90 Å². The molecule has 0 spiro atoms. The molecule has 1 heterocycles. The van der Waals surface area contributed by atoms with Crippen LogP contribution in [0.2, 0.25) is 0 Å². The smallest absolute Gasteiger partial charge is 0.255 e. The molecule has 0 unspecified atom stereocenters. The van der Waals surface area contributed by atoms with Crippen molar-refractivity contribution in [3.63, 3.8) is 0 Å². The Balaban J connectivity index is 1.82. The number of halogens is 1. The molecule has 0 atom stereocenters. The van der Waals surface area contributed by atoms with E-state index in [1.165, 1.54) is 31.4 Å². The van der Waals surface area contributed by atoms with Crippen molar-refractivity contribution in [1.29, 1.82) is 0 Å². The minimum atomic E-state index is -3.89. The molecule has 2 aromatic rings. The molecule has 10 heteroatoms. The first-order chi connectivity index (χ1) is 14.7. The van der Waals surface area contributed by atoms with Gasteiger partial charge in [0.05, 0.1) is 26.0 Å². The van der Waals surface area contributed by atoms with Crippen molar-refractivity contribution in [2.24, 2.45) is 0 Å². The lowest BCUT2D eigenvalue weighted by Gasteiger charge is -2.29. The molecular weight excluding hydrogens is 425 g/mol. The predicted molar refractivity (Wildman–Crippen MR) is 116 cm³/mol. The monoisotopic (exact) mass is 451 g/mol. The predicted octanol–water partition coefficient (Wildman–Crippen LogP) is 2.61. The molecule has 168 valence electrons. The standard InChI is InChI=1S/C21H26FN3O5S/c1-14(2)24-31(27,28)20-12-15(4-7-19(20)29-3)21(26)23-16-5-6-18(17(22)13-16)25-8-10-30-11-9-25/h4-7,12-14,24H,8-11H2,1-3H3,(H,23,26). The first kappa shape index (κ1) is 23.0. The van der Waals surface area contributed by atoms with Crippen molar-refractivity contribution in [3.05, 3.63) is 47.8 Å². The summed E-state index contributed by atoms with van der Waals surface area (Å²) in [6.07, 6.45) is 0. The first-order valence-corrected chi connectivity index (χ1v) is 11.3. The third kappa shape index (κ3) is 5.52. The number of morpholine rings is 1. The van der Waals surface area contributed by atoms with Gasteiger partial charge in [0.2, 0.25) is 10.0 Å². The maximum absolute atomic E-state index is 14.6. The second-order valence-corrected chi connectivity index (χ2v) is 9.04. The van der Waals surface area contributed by atoms with Gasteiger partial charge in [0, 0.05) is 30.4 Å². The van der Waals surface area contributed by atoms with Crippen LogP contribution in [-0.4, -0.2) is 53.8 Å². The number of hydrogen-bond acceptors (Lipinski definition) is 6. The van der Waals surface area contributed by atoms with Crippen LogP contribution in [0.1, 0.15) is 24.2 Å². The molecule has 1 aliphatic rings. The third-order valence-corrected chi connectivity index (χ3v) is 6.34. The van der Waals surface area contributed by atoms with Gasteiger partial charge < -0.3 is 19.7 Å². The Hall–Kier alpha value is -2.69. The molecule has 3 rings (SSSR count). The molecule has 1 amide bonds. The van der Waals surface area contributed by atoms with Crippen molar-refractivity contribution in [3.8, 4) is 5.75 Å². The van der Waals surface area contributed by atoms with Crippen LogP contribution in [0.5, 0.6) is 5.75 Å². The van der Waals surface area contributed by atoms with Gasteiger partial charge in [0.1, 0.15) is 16.5 Å². The minimum absolute atomic E-state index is 0.0996. The zero-order chi connectivity index (χ0) is 22.6. The Labute approximate surface area is 181 Å². The van der Waals surface area contributed by atoms with E-state index < -0.39 is 21.7 Å². The normalized spacial score (nSPS) is 14.5. The Kier molecular flexibility index (Phi) is 7.14. The number of sulfonamides is 1. The molecule has 1 fully saturated rings. The molecule has 2 aromatic carbocycles. The summed E-state index contributed by atoms with van der Waals surface area (Å²) in [5.41, 5.74) is 0.807. The highest BCUT2D eigenvalue weighted by molar-refractivity contribution is 7.89. The Morgan fingerprint density at radius 3 is 2.48 bits per heavy atom. The Morgan fingerprint density at radius 2 is 1.87 bits per heavy atom. The summed E-state index contributed by atoms with van der Waals surface area (Å²) in [7, 11) is -2.54. The number of ether oxygens (including phenoxy) is 2. The van der Waals surface area contributed by atoms with Crippen LogP contribution in [0.3, 0.4) is 0 Å². The lowest BCUT2D eigenvalue weighted by Crippen LogP contribution is -2.36. The molecule has 1 aliphatic heterocycles. The maximum Gasteiger partial charge on any atom is 0.255 e. The van der Waals surface area contributed by atoms with Gasteiger partial charge in [0.15, 0.2) is 0 Å². The van der Waals surface area contributed by atoms with Gasteiger partial charge >= 0.3 is 0 Å². The molecular formula is C21H26FN3O5S. The molecule has 1 saturated heterocycles. The summed E-state index contributed by atoms with van der Waals surface area (Å²) in [5, 5.41) is 2.61. The van der Waals surface area contributed by atoms with Crippen LogP contribution < -0.4 is 19.7 Å². The number of methoxy groups -OCH3 is 1. The minimum Gasteiger partial charge on any atom is -0.495 e. The van der Waals surface area contributed by atoms with Gasteiger partial charge in [0.25, 0.3) is 5.91 Å². The fourth-order valence-corrected chi connectivity index (χ4v) is 4.70. The second kappa shape index (κ2) is 9.63. The first-order valence-electron chi connectivity index (χ1n) is 9.85. The number of benzene rings is 2. The SMILES string of the molecule is COc1ccc(C(=O)Nc2ccc(N3CCOCC3)c(F)c2)cc1S(=O)(=O)NC(C)C. The average Bonchev–Trinajstić information content (AvgIpc) is 2.73. The molecule has 0 saturated carbocycles. The Morgan fingerprint density at radius 1 is 1.16 bits per heavy atom. The van der Waals surface area contributed by atoms with Gasteiger partial charge in [-0.1, -0.05) is 0 Å². The zero-order valence-corrected chi connectivity index (χ0v) is 18.5. The molecule has 0 aliphatic carbocycles. The number of nitrogens with zero attached hydrogens (tertiary/aromatic N) is 1. The number of nitrogens with one attached hydrogen (secondary N) is 2. The van der Waals surface area contributed by atoms with Crippen LogP contribution in [0.4, 0.5) is 15.8 Å². The number of anilines is 2. The van der Waals surface area contributed by atoms with Gasteiger partial charge in [-0.15, -0.1) is 0 Å². The summed E-state index contributed by atoms with van der Waals surface area (Å²) < 4.78 is 52.7. The van der Waals surface area contributed by atoms with Crippen molar-refractivity contribution < 1.29 is 27.1 Å². The largest absolute Gasteiger partial charge is 0.495 e. The third-order valence-electron chi connectivity index (χ3n) is 4.66. The fraction of sp³-hybridized carbons (Fsp3) is 0.381. The molecule has 31 heavy (non-hydrogen) atoms. The lowest BCUT2D eigenvalue weighted by atomic mass is 10.2. The van der Waals surface area contributed by atoms with E-state index >= 15 is 0 Å². The number of carbonyl (C=O) groups excluding carboxylic acids is 1. The molecule has 8 nitrogen and oxygen atoms in total. The zero-order valence-electron chi connectivity index (χ0n) is 17.6. The number of rotatable bonds is 7. The summed E-state index contributed by atoms with van der Waals surface area (Å²) in [5.74, 6) is -0.911. The van der Waals surface area contributed by atoms with Crippen LogP contribution in [0.25, 0.3) is 0 Å². The van der Waals surface area contributed by atoms with E-state index in [4.69, 9.17) is 9.47 Å². The van der Waals surface area contributed by atoms with Crippen LogP contribution in [-0.2, 0) is 14.8 Å². The van der Waals surface area contributed by atoms with Crippen LogP contribution in [0, 0.1) is 5.82 Å². The summed E-state index contributed by atoms with van der Waals surface area (Å²) in [4.78, 5) is 14.4. The summed E-state index contributed by atoms with van der Waals surface area (Å²) in [6, 6.07) is 8.20. The van der Waals surface area contributed by atoms with E-state index in [1.54, 1.807) is 26.0 Å². The van der Waals surface area contributed by atoms with Crippen molar-refractivity contribution in [2.45, 2.75) is 24.8 Å². The highest BCUT2D eigenvalue weighted by Crippen LogP contribution is 2.27. The number of hydrogen-bond donors (Lipinski definition) is 2. The molecule has 0 radical (unpaired) electrons. The van der Waals surface area contributed by atoms with Crippen LogP contribution in [0.15, 0.2) is 41.3 Å². The van der Waals surface area contributed by atoms with E-state index in [2.05, 4.69) is 10.0 Å². The highest BCUT2D eigenvalue weighted by Gasteiger charge is 2.23. The fourth-order valence-electron chi connectivity index (χ4n) is 3.25. The van der Waals surface area contributed by atoms with Crippen molar-refractivity contribution in [1.82, 2.24) is 4.72 Å². The maximum atomic E-state index is 14.6. The average molecular weight is 452 g/mol. The summed E-state index contributed by atoms with van der Waals surface area (Å²) >= 11 is 0. The van der Waals surface area contributed by atoms with Gasteiger partial charge in [-0.05, 0) is 50.2 Å². The molecule has 0 aromatic heterocycles. The summed E-state index contributed by atoms with van der Waals surface area (Å²) in [6.45, 7) is 5.64. The topological polar surface area (TPSA) is 97.0 Å². The number of carbonyl (C=O) groups is 1. The lowest BCUT2D eigenvalue weighted by molar-refractivity contribution is 0.102. The van der Waals surface area contributed by atoms with Gasteiger partial charge in [-0.3, -0.25) is 4.79 Å². The van der Waals surface area contributed by atoms with Crippen LogP contribution >= 0.6 is 0 Å². The number of amides is 1. The quantitative estimate of drug-likeness (QED) is 0.672. The molecule has 0 bridgehead atoms. The molecule has 2 N–H and O–H groups in total.